The highest BCUT2D eigenvalue weighted by Gasteiger charge is 1.71. The summed E-state index contributed by atoms with van der Waals surface area (Å²) in [7, 11) is 1.64. The third-order valence-electron chi connectivity index (χ3n) is 0.471. The maximum Gasteiger partial charge on any atom is 0.0652 e. The molecule has 0 saturated carbocycles. The lowest BCUT2D eigenvalue weighted by Gasteiger charge is -1.82. The highest BCUT2D eigenvalue weighted by atomic mass is 14.7. The fourth-order valence-corrected chi connectivity index (χ4v) is 0.192. The van der Waals surface area contributed by atoms with Crippen molar-refractivity contribution in [1.82, 2.24) is 0 Å². The molecule has 0 saturated heterocycles. The van der Waals surface area contributed by atoms with E-state index in [0.29, 0.717) is 5.70 Å². The summed E-state index contributed by atoms with van der Waals surface area (Å²) in [6, 6.07) is 0. The van der Waals surface area contributed by atoms with E-state index < -0.39 is 0 Å². The van der Waals surface area contributed by atoms with Gasteiger partial charge in [0.25, 0.3) is 0 Å². The molecule has 3 heteroatoms. The van der Waals surface area contributed by atoms with Crippen LogP contribution in [0.25, 0.3) is 0 Å². The van der Waals surface area contributed by atoms with Gasteiger partial charge >= 0.3 is 0 Å². The van der Waals surface area contributed by atoms with Crippen LogP contribution in [0.3, 0.4) is 0 Å². The fourth-order valence-electron chi connectivity index (χ4n) is 0.192. The maximum atomic E-state index is 5.17. The van der Waals surface area contributed by atoms with Gasteiger partial charge in [-0.05, 0) is 0 Å². The van der Waals surface area contributed by atoms with E-state index in [-0.39, 0.29) is 0 Å². The Morgan fingerprint density at radius 3 is 2.43 bits per heavy atom. The number of aliphatic imine (C=N–C) groups is 1. The zero-order valence-corrected chi connectivity index (χ0v) is 4.26. The highest BCUT2D eigenvalue weighted by Crippen LogP contribution is 1.67. The first-order valence-electron chi connectivity index (χ1n) is 1.90. The SMILES string of the molecule is CN=C/C(N)=C\N. The van der Waals surface area contributed by atoms with E-state index in [0.717, 1.165) is 0 Å². The van der Waals surface area contributed by atoms with Crippen molar-refractivity contribution in [3.05, 3.63) is 11.9 Å². The smallest absolute Gasteiger partial charge is 0.0652 e. The van der Waals surface area contributed by atoms with Crippen LogP contribution >= 0.6 is 0 Å². The number of allylic oxidation sites excluding steroid dienone is 1. The lowest BCUT2D eigenvalue weighted by atomic mass is 10.5. The molecule has 0 amide bonds. The Morgan fingerprint density at radius 1 is 1.71 bits per heavy atom. The molecular formula is C4H9N3. The summed E-state index contributed by atoms with van der Waals surface area (Å²) < 4.78 is 0. The van der Waals surface area contributed by atoms with E-state index in [1.54, 1.807) is 7.05 Å². The van der Waals surface area contributed by atoms with Gasteiger partial charge in [0.1, 0.15) is 0 Å². The van der Waals surface area contributed by atoms with E-state index in [9.17, 15) is 0 Å². The molecule has 0 aliphatic carbocycles. The quantitative estimate of drug-likeness (QED) is 0.433. The summed E-state index contributed by atoms with van der Waals surface area (Å²) in [6.45, 7) is 0. The molecule has 0 rings (SSSR count). The van der Waals surface area contributed by atoms with E-state index in [2.05, 4.69) is 4.99 Å². The van der Waals surface area contributed by atoms with Gasteiger partial charge in [-0.3, -0.25) is 4.99 Å². The van der Waals surface area contributed by atoms with Crippen molar-refractivity contribution in [2.75, 3.05) is 7.05 Å². The van der Waals surface area contributed by atoms with Crippen LogP contribution in [0.4, 0.5) is 0 Å². The molecule has 0 aliphatic rings. The molecule has 0 aromatic heterocycles. The van der Waals surface area contributed by atoms with Crippen molar-refractivity contribution in [2.24, 2.45) is 16.5 Å². The molecule has 0 atom stereocenters. The molecule has 0 bridgehead atoms. The third kappa shape index (κ3) is 2.82. The first-order chi connectivity index (χ1) is 3.31. The van der Waals surface area contributed by atoms with E-state index in [4.69, 9.17) is 11.5 Å². The summed E-state index contributed by atoms with van der Waals surface area (Å²) in [5.74, 6) is 0. The maximum absolute atomic E-state index is 5.17. The summed E-state index contributed by atoms with van der Waals surface area (Å²) in [4.78, 5) is 3.61. The Labute approximate surface area is 42.7 Å². The molecule has 3 nitrogen and oxygen atoms in total. The van der Waals surface area contributed by atoms with Crippen LogP contribution in [-0.4, -0.2) is 13.3 Å². The molecular weight excluding hydrogens is 90.1 g/mol. The minimum Gasteiger partial charge on any atom is -0.403 e. The van der Waals surface area contributed by atoms with Crippen molar-refractivity contribution in [1.29, 1.82) is 0 Å². The molecule has 0 aliphatic heterocycles. The van der Waals surface area contributed by atoms with Gasteiger partial charge in [0.15, 0.2) is 0 Å². The van der Waals surface area contributed by atoms with Crippen LogP contribution in [0, 0.1) is 0 Å². The zero-order chi connectivity index (χ0) is 5.70. The fraction of sp³-hybridized carbons (Fsp3) is 0.250. The average molecular weight is 99.1 g/mol. The van der Waals surface area contributed by atoms with Gasteiger partial charge in [0.2, 0.25) is 0 Å². The van der Waals surface area contributed by atoms with Crippen LogP contribution in [0.2, 0.25) is 0 Å². The van der Waals surface area contributed by atoms with Gasteiger partial charge in [-0.1, -0.05) is 0 Å². The first kappa shape index (κ1) is 6.01. The summed E-state index contributed by atoms with van der Waals surface area (Å²) in [6.07, 6.45) is 2.78. The molecule has 7 heavy (non-hydrogen) atoms. The van der Waals surface area contributed by atoms with E-state index >= 15 is 0 Å². The van der Waals surface area contributed by atoms with Crippen molar-refractivity contribution < 1.29 is 0 Å². The van der Waals surface area contributed by atoms with Gasteiger partial charge in [-0.15, -0.1) is 0 Å². The minimum atomic E-state index is 0.488. The van der Waals surface area contributed by atoms with Crippen molar-refractivity contribution in [2.45, 2.75) is 0 Å². The number of hydrogen-bond acceptors (Lipinski definition) is 3. The summed E-state index contributed by atoms with van der Waals surface area (Å²) >= 11 is 0. The normalized spacial score (nSPS) is 13.0. The number of nitrogens with two attached hydrogens (primary N) is 2. The minimum absolute atomic E-state index is 0.488. The summed E-state index contributed by atoms with van der Waals surface area (Å²) in [5, 5.41) is 0. The second-order valence-corrected chi connectivity index (χ2v) is 1.05. The Bertz CT molecular complexity index is 93.1. The summed E-state index contributed by atoms with van der Waals surface area (Å²) in [5.41, 5.74) is 10.6. The van der Waals surface area contributed by atoms with Gasteiger partial charge in [-0.25, -0.2) is 0 Å². The Balaban J connectivity index is 3.58. The number of hydrogen-bond donors (Lipinski definition) is 2. The van der Waals surface area contributed by atoms with E-state index in [1.165, 1.54) is 12.4 Å². The monoisotopic (exact) mass is 99.1 g/mol. The van der Waals surface area contributed by atoms with Gasteiger partial charge in [0, 0.05) is 19.5 Å². The first-order valence-corrected chi connectivity index (χ1v) is 1.90. The van der Waals surface area contributed by atoms with Gasteiger partial charge in [0.05, 0.1) is 5.70 Å². The van der Waals surface area contributed by atoms with Crippen molar-refractivity contribution >= 4 is 6.21 Å². The van der Waals surface area contributed by atoms with Gasteiger partial charge in [-0.2, -0.15) is 0 Å². The predicted octanol–water partition coefficient (Wildman–Crippen LogP) is -0.554. The topological polar surface area (TPSA) is 64.4 Å². The number of rotatable bonds is 1. The lowest BCUT2D eigenvalue weighted by Crippen LogP contribution is -2.00. The van der Waals surface area contributed by atoms with Crippen LogP contribution in [0.15, 0.2) is 16.9 Å². The van der Waals surface area contributed by atoms with Crippen molar-refractivity contribution in [3.63, 3.8) is 0 Å². The van der Waals surface area contributed by atoms with Gasteiger partial charge < -0.3 is 11.5 Å². The Kier molecular flexibility index (Phi) is 2.76. The molecule has 0 unspecified atom stereocenters. The molecule has 0 heterocycles. The van der Waals surface area contributed by atoms with Crippen LogP contribution in [0.1, 0.15) is 0 Å². The number of nitrogens with zero attached hydrogens (tertiary/aromatic N) is 1. The van der Waals surface area contributed by atoms with Crippen LogP contribution in [0.5, 0.6) is 0 Å². The second-order valence-electron chi connectivity index (χ2n) is 1.05. The molecule has 4 N–H and O–H groups in total. The molecule has 0 fully saturated rings. The highest BCUT2D eigenvalue weighted by molar-refractivity contribution is 5.76. The second kappa shape index (κ2) is 3.21. The lowest BCUT2D eigenvalue weighted by molar-refractivity contribution is 1.38. The van der Waals surface area contributed by atoms with Crippen LogP contribution < -0.4 is 11.5 Å². The average Bonchev–Trinajstić information content (AvgIpc) is 1.68. The largest absolute Gasteiger partial charge is 0.403 e. The van der Waals surface area contributed by atoms with Crippen LogP contribution in [-0.2, 0) is 0 Å². The molecule has 0 aromatic rings. The standard InChI is InChI=1S/C4H9N3/c1-7-3-4(6)2-5/h2-3H,5-6H2,1H3/b4-2+,7-3?. The molecule has 0 radical (unpaired) electrons. The molecule has 40 valence electrons. The van der Waals surface area contributed by atoms with E-state index in [1.807, 2.05) is 0 Å². The molecule has 0 aromatic carbocycles. The molecule has 0 spiro atoms. The zero-order valence-electron chi connectivity index (χ0n) is 4.26. The predicted molar refractivity (Wildman–Crippen MR) is 30.9 cm³/mol. The Hall–Kier alpha value is -0.990. The third-order valence-corrected chi connectivity index (χ3v) is 0.471. The Morgan fingerprint density at radius 2 is 2.29 bits per heavy atom. The van der Waals surface area contributed by atoms with Crippen molar-refractivity contribution in [3.8, 4) is 0 Å².